The van der Waals surface area contributed by atoms with Gasteiger partial charge in [-0.1, -0.05) is 12.8 Å². The number of aromatic nitrogens is 1. The smallest absolute Gasteiger partial charge is 0.326 e. The number of aromatic amines is 1. The summed E-state index contributed by atoms with van der Waals surface area (Å²) in [5, 5.41) is 11.4. The molecule has 6 nitrogen and oxygen atoms in total. The van der Waals surface area contributed by atoms with Crippen molar-refractivity contribution in [3.8, 4) is 0 Å². The van der Waals surface area contributed by atoms with Crippen molar-refractivity contribution in [2.75, 3.05) is 0 Å². The number of rotatable bonds is 5. The van der Waals surface area contributed by atoms with E-state index in [0.29, 0.717) is 12.3 Å². The summed E-state index contributed by atoms with van der Waals surface area (Å²) in [6.45, 7) is 0. The average molecular weight is 250 g/mol. The quantitative estimate of drug-likeness (QED) is 0.702. The van der Waals surface area contributed by atoms with Crippen molar-refractivity contribution in [3.05, 3.63) is 34.2 Å². The number of H-pyrrole nitrogens is 1. The van der Waals surface area contributed by atoms with E-state index in [-0.39, 0.29) is 5.56 Å². The van der Waals surface area contributed by atoms with Crippen molar-refractivity contribution in [2.45, 2.75) is 25.3 Å². The summed E-state index contributed by atoms with van der Waals surface area (Å²) in [6, 6.07) is 0.301. The minimum Gasteiger partial charge on any atom is -0.480 e. The topological polar surface area (TPSA) is 99.3 Å². The number of nitrogens with one attached hydrogen (secondary N) is 2. The Morgan fingerprint density at radius 2 is 2.22 bits per heavy atom. The van der Waals surface area contributed by atoms with Crippen LogP contribution < -0.4 is 10.7 Å². The molecule has 1 aromatic heterocycles. The first-order chi connectivity index (χ1) is 8.58. The van der Waals surface area contributed by atoms with Crippen LogP contribution in [0, 0.1) is 5.92 Å². The van der Waals surface area contributed by atoms with Crippen molar-refractivity contribution in [3.63, 3.8) is 0 Å². The molecule has 0 saturated heterocycles. The maximum Gasteiger partial charge on any atom is 0.326 e. The summed E-state index contributed by atoms with van der Waals surface area (Å²) >= 11 is 0. The van der Waals surface area contributed by atoms with Crippen molar-refractivity contribution < 1.29 is 14.7 Å². The van der Waals surface area contributed by atoms with Crippen LogP contribution in [0.1, 0.15) is 29.6 Å². The highest BCUT2D eigenvalue weighted by molar-refractivity contribution is 5.96. The number of aliphatic carboxylic acids is 1. The summed E-state index contributed by atoms with van der Waals surface area (Å²) < 4.78 is 0. The third-order valence-electron chi connectivity index (χ3n) is 2.94. The Labute approximate surface area is 103 Å². The lowest BCUT2D eigenvalue weighted by Gasteiger charge is -2.13. The van der Waals surface area contributed by atoms with Gasteiger partial charge in [-0.25, -0.2) is 4.79 Å². The Morgan fingerprint density at radius 3 is 2.78 bits per heavy atom. The minimum atomic E-state index is -1.07. The van der Waals surface area contributed by atoms with Crippen LogP contribution in [0.3, 0.4) is 0 Å². The molecule has 0 bridgehead atoms. The Bertz CT molecular complexity index is 519. The molecule has 1 amide bonds. The van der Waals surface area contributed by atoms with Crippen LogP contribution in [0.4, 0.5) is 0 Å². The fraction of sp³-hybridized carbons (Fsp3) is 0.417. The zero-order chi connectivity index (χ0) is 13.1. The van der Waals surface area contributed by atoms with Crippen LogP contribution in [-0.4, -0.2) is 28.0 Å². The summed E-state index contributed by atoms with van der Waals surface area (Å²) in [5.74, 6) is -1.34. The van der Waals surface area contributed by atoms with E-state index in [1.807, 2.05) is 0 Å². The maximum absolute atomic E-state index is 11.8. The van der Waals surface area contributed by atoms with Gasteiger partial charge in [0.2, 0.25) is 0 Å². The number of hydrogen-bond acceptors (Lipinski definition) is 3. The van der Waals surface area contributed by atoms with Crippen LogP contribution in [-0.2, 0) is 4.79 Å². The lowest BCUT2D eigenvalue weighted by atomic mass is 10.1. The molecule has 0 spiro atoms. The highest BCUT2D eigenvalue weighted by Crippen LogP contribution is 2.33. The van der Waals surface area contributed by atoms with E-state index in [4.69, 9.17) is 5.11 Å². The molecule has 1 aliphatic carbocycles. The Hall–Kier alpha value is -2.11. The number of carboxylic acids is 1. The standard InChI is InChI=1S/C12H14N2O4/c15-10-3-4-13-6-8(10)11(16)14-9(12(17)18)5-7-1-2-7/h3-4,6-7,9H,1-2,5H2,(H,13,15)(H,14,16)(H,17,18). The largest absolute Gasteiger partial charge is 0.480 e. The molecule has 1 saturated carbocycles. The normalized spacial score (nSPS) is 16.0. The number of hydrogen-bond donors (Lipinski definition) is 3. The third-order valence-corrected chi connectivity index (χ3v) is 2.94. The van der Waals surface area contributed by atoms with Gasteiger partial charge in [0.15, 0.2) is 5.43 Å². The average Bonchev–Trinajstić information content (AvgIpc) is 3.12. The zero-order valence-electron chi connectivity index (χ0n) is 9.68. The molecule has 96 valence electrons. The fourth-order valence-electron chi connectivity index (χ4n) is 1.74. The van der Waals surface area contributed by atoms with Gasteiger partial charge >= 0.3 is 5.97 Å². The number of carbonyl (C=O) groups is 2. The van der Waals surface area contributed by atoms with Crippen LogP contribution >= 0.6 is 0 Å². The lowest BCUT2D eigenvalue weighted by Crippen LogP contribution is -2.42. The van der Waals surface area contributed by atoms with E-state index >= 15 is 0 Å². The molecule has 1 atom stereocenters. The first kappa shape index (κ1) is 12.3. The van der Waals surface area contributed by atoms with Crippen molar-refractivity contribution >= 4 is 11.9 Å². The second kappa shape index (κ2) is 5.03. The fourth-order valence-corrected chi connectivity index (χ4v) is 1.74. The minimum absolute atomic E-state index is 0.0699. The van der Waals surface area contributed by atoms with Gasteiger partial charge in [-0.3, -0.25) is 9.59 Å². The van der Waals surface area contributed by atoms with E-state index in [1.165, 1.54) is 18.5 Å². The van der Waals surface area contributed by atoms with Crippen LogP contribution in [0.15, 0.2) is 23.3 Å². The van der Waals surface area contributed by atoms with Crippen molar-refractivity contribution in [1.82, 2.24) is 10.3 Å². The zero-order valence-corrected chi connectivity index (χ0v) is 9.68. The molecule has 1 fully saturated rings. The first-order valence-corrected chi connectivity index (χ1v) is 5.78. The van der Waals surface area contributed by atoms with Gasteiger partial charge in [0.05, 0.1) is 0 Å². The SMILES string of the molecule is O=C(NC(CC1CC1)C(=O)O)c1c[nH]ccc1=O. The van der Waals surface area contributed by atoms with E-state index < -0.39 is 23.3 Å². The first-order valence-electron chi connectivity index (χ1n) is 5.78. The molecular formula is C12H14N2O4. The monoisotopic (exact) mass is 250 g/mol. The summed E-state index contributed by atoms with van der Waals surface area (Å²) in [7, 11) is 0. The van der Waals surface area contributed by atoms with Gasteiger partial charge in [-0.15, -0.1) is 0 Å². The van der Waals surface area contributed by atoms with Gasteiger partial charge < -0.3 is 15.4 Å². The second-order valence-corrected chi connectivity index (χ2v) is 4.47. The molecule has 3 N–H and O–H groups in total. The second-order valence-electron chi connectivity index (χ2n) is 4.47. The molecule has 0 radical (unpaired) electrons. The van der Waals surface area contributed by atoms with E-state index in [2.05, 4.69) is 10.3 Å². The summed E-state index contributed by atoms with van der Waals surface area (Å²) in [6.07, 6.45) is 5.12. The lowest BCUT2D eigenvalue weighted by molar-refractivity contribution is -0.139. The van der Waals surface area contributed by atoms with Gasteiger partial charge in [0.1, 0.15) is 11.6 Å². The Kier molecular flexibility index (Phi) is 3.45. The Balaban J connectivity index is 2.06. The van der Waals surface area contributed by atoms with Gasteiger partial charge in [0, 0.05) is 18.5 Å². The van der Waals surface area contributed by atoms with Crippen LogP contribution in [0.2, 0.25) is 0 Å². The molecule has 1 unspecified atom stereocenters. The molecule has 2 rings (SSSR count). The molecule has 18 heavy (non-hydrogen) atoms. The van der Waals surface area contributed by atoms with E-state index in [1.54, 1.807) is 0 Å². The summed E-state index contributed by atoms with van der Waals surface area (Å²) in [4.78, 5) is 36.8. The van der Waals surface area contributed by atoms with E-state index in [0.717, 1.165) is 12.8 Å². The number of carbonyl (C=O) groups excluding carboxylic acids is 1. The van der Waals surface area contributed by atoms with Crippen LogP contribution in [0.5, 0.6) is 0 Å². The molecule has 0 aromatic carbocycles. The van der Waals surface area contributed by atoms with Gasteiger partial charge in [-0.2, -0.15) is 0 Å². The molecule has 1 aromatic rings. The Morgan fingerprint density at radius 1 is 1.50 bits per heavy atom. The third kappa shape index (κ3) is 2.97. The van der Waals surface area contributed by atoms with Gasteiger partial charge in [-0.05, 0) is 12.3 Å². The predicted octanol–water partition coefficient (Wildman–Crippen LogP) is 0.358. The highest BCUT2D eigenvalue weighted by atomic mass is 16.4. The molecule has 1 heterocycles. The molecule has 1 aliphatic rings. The summed E-state index contributed by atoms with van der Waals surface area (Å²) in [5.41, 5.74) is -0.499. The van der Waals surface area contributed by atoms with Crippen LogP contribution in [0.25, 0.3) is 0 Å². The number of carboxylic acid groups (broad SMARTS) is 1. The highest BCUT2D eigenvalue weighted by Gasteiger charge is 2.30. The maximum atomic E-state index is 11.8. The number of amides is 1. The van der Waals surface area contributed by atoms with Crippen molar-refractivity contribution in [1.29, 1.82) is 0 Å². The van der Waals surface area contributed by atoms with Gasteiger partial charge in [0.25, 0.3) is 5.91 Å². The molecular weight excluding hydrogens is 236 g/mol. The molecule has 0 aliphatic heterocycles. The molecule has 6 heteroatoms. The van der Waals surface area contributed by atoms with E-state index in [9.17, 15) is 14.4 Å². The number of pyridine rings is 1. The predicted molar refractivity (Wildman–Crippen MR) is 63.3 cm³/mol. The van der Waals surface area contributed by atoms with Crippen molar-refractivity contribution in [2.24, 2.45) is 5.92 Å².